The summed E-state index contributed by atoms with van der Waals surface area (Å²) >= 11 is 12.3. The molecule has 0 aliphatic heterocycles. The van der Waals surface area contributed by atoms with E-state index < -0.39 is 33.7 Å². The molecule has 0 spiro atoms. The molecule has 0 saturated carbocycles. The van der Waals surface area contributed by atoms with Crippen LogP contribution in [-0.2, 0) is 38.8 Å². The molecule has 0 aliphatic carbocycles. The highest BCUT2D eigenvalue weighted by Gasteiger charge is 2.33. The fourth-order valence-corrected chi connectivity index (χ4v) is 5.95. The molecular weight excluding hydrogens is 650 g/mol. The summed E-state index contributed by atoms with van der Waals surface area (Å²) in [6.07, 6.45) is -3.11. The minimum absolute atomic E-state index is 0.00453. The second kappa shape index (κ2) is 15.8. The normalized spacial score (nSPS) is 13.2. The van der Waals surface area contributed by atoms with Crippen LogP contribution in [0.1, 0.15) is 49.8 Å². The number of amides is 2. The van der Waals surface area contributed by atoms with E-state index in [1.165, 1.54) is 11.0 Å². The van der Waals surface area contributed by atoms with Crippen molar-refractivity contribution >= 4 is 50.7 Å². The van der Waals surface area contributed by atoms with Crippen LogP contribution in [0.4, 0.5) is 18.9 Å². The van der Waals surface area contributed by atoms with Gasteiger partial charge >= 0.3 is 6.18 Å². The quantitative estimate of drug-likeness (QED) is 0.196. The Labute approximate surface area is 272 Å². The van der Waals surface area contributed by atoms with Gasteiger partial charge in [-0.3, -0.25) is 13.9 Å². The average Bonchev–Trinajstić information content (AvgIpc) is 2.98. The van der Waals surface area contributed by atoms with Gasteiger partial charge in [0.2, 0.25) is 21.8 Å². The van der Waals surface area contributed by atoms with Gasteiger partial charge in [0, 0.05) is 32.0 Å². The van der Waals surface area contributed by atoms with Crippen molar-refractivity contribution in [1.82, 2.24) is 10.2 Å². The summed E-state index contributed by atoms with van der Waals surface area (Å²) in [6, 6.07) is 17.0. The molecule has 45 heavy (non-hydrogen) atoms. The number of carbonyl (C=O) groups excluding carboxylic acids is 2. The molecule has 2 atom stereocenters. The highest BCUT2D eigenvalue weighted by atomic mass is 35.5. The van der Waals surface area contributed by atoms with Crippen molar-refractivity contribution < 1.29 is 31.2 Å². The Hall–Kier alpha value is -3.28. The van der Waals surface area contributed by atoms with Crippen molar-refractivity contribution in [3.63, 3.8) is 0 Å². The van der Waals surface area contributed by atoms with Gasteiger partial charge in [0.25, 0.3) is 0 Å². The van der Waals surface area contributed by atoms with Crippen molar-refractivity contribution in [2.75, 3.05) is 17.1 Å². The number of benzene rings is 3. The molecule has 0 unspecified atom stereocenters. The first-order chi connectivity index (χ1) is 21.1. The summed E-state index contributed by atoms with van der Waals surface area (Å²) < 4.78 is 66.1. The van der Waals surface area contributed by atoms with Crippen LogP contribution in [0.3, 0.4) is 0 Å². The molecule has 3 aromatic carbocycles. The molecule has 0 heterocycles. The number of carbonyl (C=O) groups is 2. The lowest BCUT2D eigenvalue weighted by Crippen LogP contribution is -2.52. The zero-order chi connectivity index (χ0) is 33.4. The van der Waals surface area contributed by atoms with Crippen molar-refractivity contribution in [2.45, 2.75) is 64.3 Å². The first-order valence-electron chi connectivity index (χ1n) is 14.3. The molecule has 0 fully saturated rings. The predicted octanol–water partition coefficient (Wildman–Crippen LogP) is 7.11. The van der Waals surface area contributed by atoms with Gasteiger partial charge < -0.3 is 10.2 Å². The number of anilines is 1. The van der Waals surface area contributed by atoms with Gasteiger partial charge in [-0.1, -0.05) is 72.6 Å². The smallest absolute Gasteiger partial charge is 0.352 e. The predicted molar refractivity (Wildman–Crippen MR) is 172 cm³/mol. The second-order valence-electron chi connectivity index (χ2n) is 10.8. The van der Waals surface area contributed by atoms with Crippen molar-refractivity contribution in [3.8, 4) is 0 Å². The van der Waals surface area contributed by atoms with Crippen LogP contribution in [0.15, 0.2) is 72.8 Å². The fraction of sp³-hybridized carbons (Fsp3) is 0.375. The van der Waals surface area contributed by atoms with E-state index in [1.807, 2.05) is 44.2 Å². The Morgan fingerprint density at radius 1 is 0.933 bits per heavy atom. The number of nitrogens with one attached hydrogen (secondary N) is 1. The Morgan fingerprint density at radius 2 is 1.62 bits per heavy atom. The van der Waals surface area contributed by atoms with Crippen molar-refractivity contribution in [2.24, 2.45) is 0 Å². The zero-order valence-corrected chi connectivity index (χ0v) is 27.5. The van der Waals surface area contributed by atoms with Gasteiger partial charge in [0.05, 0.1) is 27.6 Å². The van der Waals surface area contributed by atoms with Crippen LogP contribution in [-0.4, -0.2) is 50.0 Å². The minimum atomic E-state index is -4.66. The summed E-state index contributed by atoms with van der Waals surface area (Å²) in [5.74, 6) is -0.804. The van der Waals surface area contributed by atoms with E-state index in [1.54, 1.807) is 18.2 Å². The van der Waals surface area contributed by atoms with E-state index in [0.29, 0.717) is 17.0 Å². The summed E-state index contributed by atoms with van der Waals surface area (Å²) in [4.78, 5) is 29.0. The van der Waals surface area contributed by atoms with Gasteiger partial charge in [0.1, 0.15) is 6.04 Å². The number of nitrogens with zero attached hydrogens (tertiary/aromatic N) is 2. The molecule has 0 aliphatic rings. The summed E-state index contributed by atoms with van der Waals surface area (Å²) in [6.45, 7) is 3.53. The number of halogens is 5. The second-order valence-corrected chi connectivity index (χ2v) is 13.5. The van der Waals surface area contributed by atoms with Gasteiger partial charge in [-0.15, -0.1) is 0 Å². The molecule has 0 radical (unpaired) electrons. The lowest BCUT2D eigenvalue weighted by molar-refractivity contribution is -0.141. The topological polar surface area (TPSA) is 86.8 Å². The molecule has 2 amide bonds. The van der Waals surface area contributed by atoms with E-state index in [9.17, 15) is 31.2 Å². The number of rotatable bonds is 14. The van der Waals surface area contributed by atoms with Gasteiger partial charge in [-0.05, 0) is 61.2 Å². The van der Waals surface area contributed by atoms with Crippen LogP contribution in [0, 0.1) is 0 Å². The Balaban J connectivity index is 1.93. The Bertz CT molecular complexity index is 1570. The van der Waals surface area contributed by atoms with Gasteiger partial charge in [-0.25, -0.2) is 8.42 Å². The number of hydrogen-bond donors (Lipinski definition) is 1. The van der Waals surface area contributed by atoms with E-state index in [2.05, 4.69) is 5.32 Å². The van der Waals surface area contributed by atoms with Crippen molar-refractivity contribution in [1.29, 1.82) is 0 Å². The molecule has 13 heteroatoms. The number of sulfonamides is 1. The maximum absolute atomic E-state index is 13.9. The third kappa shape index (κ3) is 10.6. The van der Waals surface area contributed by atoms with Crippen LogP contribution < -0.4 is 9.62 Å². The monoisotopic (exact) mass is 685 g/mol. The Morgan fingerprint density at radius 3 is 2.22 bits per heavy atom. The van der Waals surface area contributed by atoms with E-state index in [-0.39, 0.29) is 55.0 Å². The van der Waals surface area contributed by atoms with E-state index >= 15 is 0 Å². The van der Waals surface area contributed by atoms with Gasteiger partial charge in [0.15, 0.2) is 0 Å². The maximum atomic E-state index is 13.9. The number of hydrogen-bond acceptors (Lipinski definition) is 4. The van der Waals surface area contributed by atoms with E-state index in [4.69, 9.17) is 23.2 Å². The summed E-state index contributed by atoms with van der Waals surface area (Å²) in [5, 5.41) is 3.56. The molecule has 0 saturated heterocycles. The maximum Gasteiger partial charge on any atom is 0.416 e. The summed E-state index contributed by atoms with van der Waals surface area (Å²) in [7, 11) is -3.99. The lowest BCUT2D eigenvalue weighted by Gasteiger charge is -2.33. The van der Waals surface area contributed by atoms with Gasteiger partial charge in [-0.2, -0.15) is 13.2 Å². The van der Waals surface area contributed by atoms with Crippen LogP contribution in [0.2, 0.25) is 10.0 Å². The zero-order valence-electron chi connectivity index (χ0n) is 25.2. The first kappa shape index (κ1) is 36.2. The average molecular weight is 687 g/mol. The highest BCUT2D eigenvalue weighted by Crippen LogP contribution is 2.32. The molecule has 1 N–H and O–H groups in total. The largest absolute Gasteiger partial charge is 0.416 e. The number of alkyl halides is 3. The summed E-state index contributed by atoms with van der Waals surface area (Å²) in [5.41, 5.74) is 0.284. The fourth-order valence-electron chi connectivity index (χ4n) is 4.67. The SMILES string of the molecule is CC[C@@H](C)NC(=O)[C@H](Cc1ccccc1)N(Cc1ccc(Cl)c(Cl)c1)C(=O)CCCN(c1cccc(C(F)(F)F)c1)S(C)(=O)=O. The van der Waals surface area contributed by atoms with E-state index in [0.717, 1.165) is 34.3 Å². The highest BCUT2D eigenvalue weighted by molar-refractivity contribution is 7.92. The molecular formula is C32H36Cl2F3N3O4S. The standard InChI is InChI=1S/C32H36Cl2F3N3O4S/c1-4-22(2)38-31(42)29(19-23-10-6-5-7-11-23)39(21-24-15-16-27(33)28(34)18-24)30(41)14-9-17-40(45(3,43)44)26-13-8-12-25(20-26)32(35,36)37/h5-8,10-13,15-16,18,20,22,29H,4,9,14,17,19,21H2,1-3H3,(H,38,42)/t22-,29+/m1/s1. The molecule has 3 rings (SSSR count). The minimum Gasteiger partial charge on any atom is -0.352 e. The van der Waals surface area contributed by atoms with Crippen LogP contribution in [0.5, 0.6) is 0 Å². The Kier molecular flexibility index (Phi) is 12.7. The van der Waals surface area contributed by atoms with Crippen LogP contribution >= 0.6 is 23.2 Å². The molecule has 0 bridgehead atoms. The third-order valence-corrected chi connectivity index (χ3v) is 9.16. The molecule has 7 nitrogen and oxygen atoms in total. The third-order valence-electron chi connectivity index (χ3n) is 7.22. The molecule has 0 aromatic heterocycles. The van der Waals surface area contributed by atoms with Crippen molar-refractivity contribution in [3.05, 3.63) is 99.5 Å². The van der Waals surface area contributed by atoms with Crippen LogP contribution in [0.25, 0.3) is 0 Å². The molecule has 244 valence electrons. The first-order valence-corrected chi connectivity index (χ1v) is 16.9. The molecule has 3 aromatic rings. The lowest BCUT2D eigenvalue weighted by atomic mass is 10.0.